The van der Waals surface area contributed by atoms with Crippen molar-refractivity contribution in [1.82, 2.24) is 3.96 Å². The van der Waals surface area contributed by atoms with Gasteiger partial charge in [0.1, 0.15) is 4.64 Å². The zero-order chi connectivity index (χ0) is 17.1. The quantitative estimate of drug-likeness (QED) is 0.487. The molecule has 1 aliphatic rings. The maximum absolute atomic E-state index is 6.25. The van der Waals surface area contributed by atoms with Crippen molar-refractivity contribution in [3.63, 3.8) is 0 Å². The van der Waals surface area contributed by atoms with Crippen LogP contribution in [0.4, 0.5) is 5.69 Å². The van der Waals surface area contributed by atoms with Crippen molar-refractivity contribution >= 4 is 41.0 Å². The second kappa shape index (κ2) is 5.45. The first kappa shape index (κ1) is 15.9. The van der Waals surface area contributed by atoms with Crippen LogP contribution in [0.2, 0.25) is 5.02 Å². The summed E-state index contributed by atoms with van der Waals surface area (Å²) < 4.78 is 2.99. The fourth-order valence-corrected chi connectivity index (χ4v) is 5.01. The van der Waals surface area contributed by atoms with Crippen molar-refractivity contribution in [3.05, 3.63) is 62.6 Å². The lowest BCUT2D eigenvalue weighted by Crippen LogP contribution is -2.30. The Balaban J connectivity index is 2.03. The van der Waals surface area contributed by atoms with Crippen LogP contribution in [-0.4, -0.2) is 3.96 Å². The van der Waals surface area contributed by atoms with Gasteiger partial charge in [-0.3, -0.25) is 3.96 Å². The summed E-state index contributed by atoms with van der Waals surface area (Å²) in [4.78, 5) is 1.24. The van der Waals surface area contributed by atoms with Gasteiger partial charge in [0.15, 0.2) is 0 Å². The third-order valence-corrected chi connectivity index (χ3v) is 6.52. The third-order valence-electron chi connectivity index (χ3n) is 4.31. The van der Waals surface area contributed by atoms with Crippen molar-refractivity contribution in [2.75, 3.05) is 5.32 Å². The average molecular weight is 373 g/mol. The van der Waals surface area contributed by atoms with Crippen molar-refractivity contribution in [2.45, 2.75) is 26.3 Å². The Labute approximate surface area is 155 Å². The molecule has 0 atom stereocenters. The van der Waals surface area contributed by atoms with Gasteiger partial charge in [-0.1, -0.05) is 47.5 Å². The molecule has 0 aliphatic carbocycles. The topological polar surface area (TPSA) is 17.0 Å². The Morgan fingerprint density at radius 1 is 1.17 bits per heavy atom. The van der Waals surface area contributed by atoms with Gasteiger partial charge in [-0.2, -0.15) is 0 Å². The molecule has 24 heavy (non-hydrogen) atoms. The van der Waals surface area contributed by atoms with E-state index in [-0.39, 0.29) is 5.54 Å². The van der Waals surface area contributed by atoms with E-state index in [2.05, 4.69) is 54.3 Å². The number of rotatable bonds is 1. The molecule has 122 valence electrons. The fraction of sp³-hybridized carbons (Fsp3) is 0.211. The number of nitrogens with one attached hydrogen (secondary N) is 1. The molecule has 0 radical (unpaired) electrons. The molecule has 0 saturated heterocycles. The number of hydrogen-bond acceptors (Lipinski definition) is 3. The molecule has 2 heterocycles. The zero-order valence-corrected chi connectivity index (χ0v) is 16.1. The van der Waals surface area contributed by atoms with E-state index in [1.165, 1.54) is 10.4 Å². The van der Waals surface area contributed by atoms with Gasteiger partial charge < -0.3 is 5.32 Å². The first-order valence-electron chi connectivity index (χ1n) is 7.79. The van der Waals surface area contributed by atoms with E-state index < -0.39 is 0 Å². The number of hydrogen-bond donors (Lipinski definition) is 1. The molecule has 1 aromatic heterocycles. The van der Waals surface area contributed by atoms with Gasteiger partial charge in [0, 0.05) is 21.8 Å². The molecular weight excluding hydrogens is 356 g/mol. The van der Waals surface area contributed by atoms with Crippen LogP contribution in [0.3, 0.4) is 0 Å². The molecule has 0 bridgehead atoms. The second-order valence-corrected chi connectivity index (χ2v) is 8.45. The molecule has 2 nitrogen and oxygen atoms in total. The van der Waals surface area contributed by atoms with Crippen molar-refractivity contribution in [1.29, 1.82) is 0 Å². The van der Waals surface area contributed by atoms with E-state index >= 15 is 0 Å². The van der Waals surface area contributed by atoms with E-state index in [1.54, 1.807) is 11.5 Å². The number of halogens is 1. The van der Waals surface area contributed by atoms with Crippen LogP contribution in [0.5, 0.6) is 0 Å². The molecular formula is C19H17ClN2S2. The lowest BCUT2D eigenvalue weighted by atomic mass is 9.90. The maximum Gasteiger partial charge on any atom is 0.129 e. The van der Waals surface area contributed by atoms with Crippen LogP contribution in [0.25, 0.3) is 16.8 Å². The highest BCUT2D eigenvalue weighted by Gasteiger charge is 2.34. The summed E-state index contributed by atoms with van der Waals surface area (Å²) in [5.41, 5.74) is 5.45. The second-order valence-electron chi connectivity index (χ2n) is 6.67. The minimum atomic E-state index is -0.177. The molecule has 0 fully saturated rings. The average Bonchev–Trinajstić information content (AvgIpc) is 2.87. The van der Waals surface area contributed by atoms with Gasteiger partial charge in [0.25, 0.3) is 0 Å². The Morgan fingerprint density at radius 3 is 2.71 bits per heavy atom. The largest absolute Gasteiger partial charge is 0.375 e. The molecule has 1 aliphatic heterocycles. The summed E-state index contributed by atoms with van der Waals surface area (Å²) in [7, 11) is 0. The minimum Gasteiger partial charge on any atom is -0.375 e. The van der Waals surface area contributed by atoms with Gasteiger partial charge in [-0.05, 0) is 56.7 Å². The Morgan fingerprint density at radius 2 is 1.96 bits per heavy atom. The van der Waals surface area contributed by atoms with Crippen LogP contribution in [0.15, 0.2) is 42.5 Å². The van der Waals surface area contributed by atoms with Gasteiger partial charge in [0.05, 0.1) is 16.1 Å². The number of aromatic nitrogens is 1. The van der Waals surface area contributed by atoms with Crippen molar-refractivity contribution in [2.24, 2.45) is 0 Å². The minimum absolute atomic E-state index is 0.177. The summed E-state index contributed by atoms with van der Waals surface area (Å²) in [6.07, 6.45) is 0. The number of anilines is 1. The SMILES string of the molecule is Cc1cccc(-n2sc3c(c2=S)-c2cc(Cl)ccc2NC3(C)C)c1. The van der Waals surface area contributed by atoms with Crippen LogP contribution in [0.1, 0.15) is 24.3 Å². The van der Waals surface area contributed by atoms with Crippen LogP contribution in [-0.2, 0) is 5.54 Å². The first-order chi connectivity index (χ1) is 11.4. The van der Waals surface area contributed by atoms with Crippen LogP contribution in [0, 0.1) is 11.6 Å². The van der Waals surface area contributed by atoms with E-state index in [4.69, 9.17) is 23.8 Å². The predicted molar refractivity (Wildman–Crippen MR) is 106 cm³/mol. The smallest absolute Gasteiger partial charge is 0.129 e. The van der Waals surface area contributed by atoms with Gasteiger partial charge >= 0.3 is 0 Å². The fourth-order valence-electron chi connectivity index (χ4n) is 3.19. The molecule has 0 amide bonds. The zero-order valence-electron chi connectivity index (χ0n) is 13.7. The molecule has 4 rings (SSSR count). The van der Waals surface area contributed by atoms with Gasteiger partial charge in [0.2, 0.25) is 0 Å². The highest BCUT2D eigenvalue weighted by atomic mass is 35.5. The maximum atomic E-state index is 6.25. The standard InChI is InChI=1S/C19H17ClN2S2/c1-11-5-4-6-13(9-11)22-18(23)16-14-10-12(20)7-8-15(14)21-19(2,3)17(16)24-22/h4-10,21H,1-3H3. The Kier molecular flexibility index (Phi) is 3.60. The van der Waals surface area contributed by atoms with E-state index in [9.17, 15) is 0 Å². The van der Waals surface area contributed by atoms with E-state index in [0.29, 0.717) is 0 Å². The highest BCUT2D eigenvalue weighted by molar-refractivity contribution is 7.71. The predicted octanol–water partition coefficient (Wildman–Crippen LogP) is 6.56. The van der Waals surface area contributed by atoms with Crippen molar-refractivity contribution < 1.29 is 0 Å². The lowest BCUT2D eigenvalue weighted by molar-refractivity contribution is 0.620. The van der Waals surface area contributed by atoms with E-state index in [1.807, 2.05) is 18.2 Å². The van der Waals surface area contributed by atoms with Crippen LogP contribution >= 0.6 is 35.4 Å². The third kappa shape index (κ3) is 2.41. The molecule has 0 unspecified atom stereocenters. The summed E-state index contributed by atoms with van der Waals surface area (Å²) in [6, 6.07) is 14.4. The molecule has 0 saturated carbocycles. The summed E-state index contributed by atoms with van der Waals surface area (Å²) in [6.45, 7) is 6.48. The summed E-state index contributed by atoms with van der Waals surface area (Å²) >= 11 is 13.8. The molecule has 3 aromatic rings. The normalized spacial score (nSPS) is 14.7. The van der Waals surface area contributed by atoms with E-state index in [0.717, 1.165) is 32.2 Å². The number of nitrogens with zero attached hydrogens (tertiary/aromatic N) is 1. The Bertz CT molecular complexity index is 1010. The van der Waals surface area contributed by atoms with Crippen LogP contribution < -0.4 is 5.32 Å². The molecule has 2 aromatic carbocycles. The number of fused-ring (bicyclic) bond motifs is 3. The summed E-state index contributed by atoms with van der Waals surface area (Å²) in [5, 5.41) is 4.34. The monoisotopic (exact) mass is 372 g/mol. The highest BCUT2D eigenvalue weighted by Crippen LogP contribution is 2.48. The Hall–Kier alpha value is -1.62. The molecule has 0 spiro atoms. The summed E-state index contributed by atoms with van der Waals surface area (Å²) in [5.74, 6) is 0. The molecule has 5 heteroatoms. The van der Waals surface area contributed by atoms with Gasteiger partial charge in [-0.15, -0.1) is 0 Å². The van der Waals surface area contributed by atoms with Gasteiger partial charge in [-0.25, -0.2) is 0 Å². The first-order valence-corrected chi connectivity index (χ1v) is 9.35. The molecule has 1 N–H and O–H groups in total. The number of benzene rings is 2. The van der Waals surface area contributed by atoms with Crippen molar-refractivity contribution in [3.8, 4) is 16.8 Å². The number of aryl methyl sites for hydroxylation is 1. The lowest BCUT2D eigenvalue weighted by Gasteiger charge is -2.33.